The molecule has 0 spiro atoms. The van der Waals surface area contributed by atoms with Crippen LogP contribution in [0.2, 0.25) is 0 Å². The Kier molecular flexibility index (Phi) is 5.00. The zero-order valence-corrected chi connectivity index (χ0v) is 18.7. The first-order valence-corrected chi connectivity index (χ1v) is 11.5. The van der Waals surface area contributed by atoms with E-state index in [1.807, 2.05) is 12.3 Å². The van der Waals surface area contributed by atoms with Gasteiger partial charge in [0.25, 0.3) is 0 Å². The van der Waals surface area contributed by atoms with Gasteiger partial charge in [-0.25, -0.2) is 0 Å². The zero-order chi connectivity index (χ0) is 22.8. The van der Waals surface area contributed by atoms with Crippen LogP contribution in [0.15, 0.2) is 146 Å². The molecule has 0 fully saturated rings. The highest BCUT2D eigenvalue weighted by Crippen LogP contribution is 2.40. The van der Waals surface area contributed by atoms with Crippen LogP contribution < -0.4 is 4.40 Å². The first kappa shape index (κ1) is 20.1. The van der Waals surface area contributed by atoms with Crippen molar-refractivity contribution in [2.75, 3.05) is 0 Å². The molecule has 0 saturated heterocycles. The van der Waals surface area contributed by atoms with E-state index in [-0.39, 0.29) is 0 Å². The largest absolute Gasteiger partial charge is 0.252 e. The van der Waals surface area contributed by atoms with Crippen molar-refractivity contribution in [2.24, 2.45) is 0 Å². The van der Waals surface area contributed by atoms with E-state index in [0.717, 1.165) is 33.3 Å². The summed E-state index contributed by atoms with van der Waals surface area (Å²) < 4.78 is 4.26. The van der Waals surface area contributed by atoms with Crippen LogP contribution in [0, 0.1) is 0 Å². The van der Waals surface area contributed by atoms with Crippen molar-refractivity contribution in [2.45, 2.75) is 5.54 Å². The summed E-state index contributed by atoms with van der Waals surface area (Å²) in [5.41, 5.74) is 6.24. The number of hydrogen-bond acceptors (Lipinski definition) is 1. The predicted molar refractivity (Wildman–Crippen MR) is 135 cm³/mol. The van der Waals surface area contributed by atoms with Gasteiger partial charge in [0.2, 0.25) is 5.52 Å². The maximum absolute atomic E-state index is 4.98. The minimum atomic E-state index is -0.605. The third-order valence-electron chi connectivity index (χ3n) is 6.47. The summed E-state index contributed by atoms with van der Waals surface area (Å²) >= 11 is 0. The second kappa shape index (κ2) is 8.45. The molecule has 3 aromatic heterocycles. The molecule has 6 aromatic rings. The van der Waals surface area contributed by atoms with Crippen molar-refractivity contribution >= 4 is 5.52 Å². The summed E-state index contributed by atoms with van der Waals surface area (Å²) in [7, 11) is 0. The molecule has 0 atom stereocenters. The third kappa shape index (κ3) is 3.30. The molecule has 3 aromatic carbocycles. The molecule has 0 amide bonds. The fourth-order valence-electron chi connectivity index (χ4n) is 4.86. The molecule has 0 aliphatic carbocycles. The molecule has 0 N–H and O–H groups in total. The Bertz CT molecular complexity index is 1440. The summed E-state index contributed by atoms with van der Waals surface area (Å²) in [6, 6.07) is 42.4. The molecule has 162 valence electrons. The Morgan fingerprint density at radius 2 is 1.12 bits per heavy atom. The Morgan fingerprint density at radius 3 is 1.71 bits per heavy atom. The lowest BCUT2D eigenvalue weighted by Gasteiger charge is -2.36. The predicted octanol–water partition coefficient (Wildman–Crippen LogP) is 6.13. The van der Waals surface area contributed by atoms with Gasteiger partial charge in [-0.1, -0.05) is 91.0 Å². The van der Waals surface area contributed by atoms with E-state index in [1.165, 1.54) is 0 Å². The smallest absolute Gasteiger partial charge is 0.210 e. The standard InChI is InChI=1S/C31H24N3/c1-4-12-27(13-5-1)31(28-14-6-2-7-15-28,29-16-8-3-9-17-29)34-24-26(22-32-34)25-19-20-30-18-10-11-21-33(30)23-25/h1-24H/q+1. The van der Waals surface area contributed by atoms with Gasteiger partial charge >= 0.3 is 0 Å². The van der Waals surface area contributed by atoms with Gasteiger partial charge in [0, 0.05) is 35.5 Å². The van der Waals surface area contributed by atoms with Crippen LogP contribution in [-0.2, 0) is 5.54 Å². The fourth-order valence-corrected chi connectivity index (χ4v) is 4.86. The number of aromatic nitrogens is 3. The van der Waals surface area contributed by atoms with E-state index in [9.17, 15) is 0 Å². The van der Waals surface area contributed by atoms with Gasteiger partial charge in [-0.2, -0.15) is 9.50 Å². The van der Waals surface area contributed by atoms with Gasteiger partial charge in [0.05, 0.1) is 6.20 Å². The topological polar surface area (TPSA) is 21.9 Å². The number of benzene rings is 3. The quantitative estimate of drug-likeness (QED) is 0.234. The average Bonchev–Trinajstić information content (AvgIpc) is 3.41. The third-order valence-corrected chi connectivity index (χ3v) is 6.47. The minimum Gasteiger partial charge on any atom is -0.252 e. The van der Waals surface area contributed by atoms with Gasteiger partial charge in [-0.05, 0) is 28.8 Å². The zero-order valence-electron chi connectivity index (χ0n) is 18.7. The van der Waals surface area contributed by atoms with Crippen molar-refractivity contribution in [3.63, 3.8) is 0 Å². The molecule has 0 bridgehead atoms. The van der Waals surface area contributed by atoms with E-state index in [1.54, 1.807) is 0 Å². The summed E-state index contributed by atoms with van der Waals surface area (Å²) in [6.45, 7) is 0. The monoisotopic (exact) mass is 438 g/mol. The summed E-state index contributed by atoms with van der Waals surface area (Å²) in [6.07, 6.45) is 8.36. The van der Waals surface area contributed by atoms with E-state index in [4.69, 9.17) is 5.10 Å². The van der Waals surface area contributed by atoms with Crippen LogP contribution in [-0.4, -0.2) is 9.78 Å². The Balaban J connectivity index is 1.61. The molecule has 0 aliphatic heterocycles. The second-order valence-corrected chi connectivity index (χ2v) is 8.43. The normalized spacial score (nSPS) is 11.5. The highest BCUT2D eigenvalue weighted by molar-refractivity contribution is 5.62. The Morgan fingerprint density at radius 1 is 0.559 bits per heavy atom. The lowest BCUT2D eigenvalue weighted by molar-refractivity contribution is -0.511. The number of nitrogens with zero attached hydrogens (tertiary/aromatic N) is 3. The van der Waals surface area contributed by atoms with Crippen molar-refractivity contribution in [3.8, 4) is 11.1 Å². The van der Waals surface area contributed by atoms with Gasteiger partial charge in [-0.15, -0.1) is 0 Å². The van der Waals surface area contributed by atoms with E-state index in [2.05, 4.69) is 143 Å². The van der Waals surface area contributed by atoms with Crippen LogP contribution in [0.1, 0.15) is 16.7 Å². The molecule has 0 saturated carbocycles. The maximum Gasteiger partial charge on any atom is 0.210 e. The lowest BCUT2D eigenvalue weighted by Crippen LogP contribution is -2.38. The number of fused-ring (bicyclic) bond motifs is 1. The highest BCUT2D eigenvalue weighted by Gasteiger charge is 2.39. The van der Waals surface area contributed by atoms with Crippen molar-refractivity contribution in [3.05, 3.63) is 163 Å². The summed E-state index contributed by atoms with van der Waals surface area (Å²) in [5.74, 6) is 0. The Hall–Kier alpha value is -4.50. The van der Waals surface area contributed by atoms with Crippen molar-refractivity contribution in [1.82, 2.24) is 9.78 Å². The summed E-state index contributed by atoms with van der Waals surface area (Å²) in [4.78, 5) is 0. The van der Waals surface area contributed by atoms with E-state index >= 15 is 0 Å². The fraction of sp³-hybridized carbons (Fsp3) is 0.0323. The molecule has 0 aliphatic rings. The van der Waals surface area contributed by atoms with E-state index in [0.29, 0.717) is 0 Å². The number of pyridine rings is 2. The van der Waals surface area contributed by atoms with Crippen LogP contribution in [0.4, 0.5) is 0 Å². The molecule has 3 heterocycles. The highest BCUT2D eigenvalue weighted by atomic mass is 15.3. The van der Waals surface area contributed by atoms with Gasteiger partial charge < -0.3 is 0 Å². The molecule has 3 heteroatoms. The first-order chi connectivity index (χ1) is 16.9. The van der Waals surface area contributed by atoms with Crippen LogP contribution in [0.5, 0.6) is 0 Å². The molecular formula is C31H24N3+. The lowest BCUT2D eigenvalue weighted by atomic mass is 9.77. The maximum atomic E-state index is 4.98. The van der Waals surface area contributed by atoms with Gasteiger partial charge in [0.15, 0.2) is 12.4 Å². The van der Waals surface area contributed by atoms with Gasteiger partial charge in [0.1, 0.15) is 5.54 Å². The molecular weight excluding hydrogens is 414 g/mol. The first-order valence-electron chi connectivity index (χ1n) is 11.5. The molecule has 3 nitrogen and oxygen atoms in total. The Labute approximate surface area is 199 Å². The van der Waals surface area contributed by atoms with Gasteiger partial charge in [-0.3, -0.25) is 4.68 Å². The number of hydrogen-bond donors (Lipinski definition) is 0. The van der Waals surface area contributed by atoms with Crippen molar-refractivity contribution < 1.29 is 4.40 Å². The second-order valence-electron chi connectivity index (χ2n) is 8.43. The van der Waals surface area contributed by atoms with Crippen LogP contribution in [0.3, 0.4) is 0 Å². The van der Waals surface area contributed by atoms with Crippen LogP contribution in [0.25, 0.3) is 16.6 Å². The van der Waals surface area contributed by atoms with Crippen LogP contribution >= 0.6 is 0 Å². The van der Waals surface area contributed by atoms with Crippen molar-refractivity contribution in [1.29, 1.82) is 0 Å². The summed E-state index contributed by atoms with van der Waals surface area (Å²) in [5, 5.41) is 4.98. The molecule has 0 unspecified atom stereocenters. The van der Waals surface area contributed by atoms with E-state index < -0.39 is 5.54 Å². The number of rotatable bonds is 5. The molecule has 6 rings (SSSR count). The molecule has 0 radical (unpaired) electrons. The molecule has 34 heavy (non-hydrogen) atoms. The SMILES string of the molecule is c1ccc(C(c2ccccc2)(c2ccccc2)n2cc(-c3ccc4cccc[n+]4c3)cn2)cc1. The minimum absolute atomic E-state index is 0.605. The average molecular weight is 439 g/mol.